The second-order valence-electron chi connectivity index (χ2n) is 6.46. The van der Waals surface area contributed by atoms with Gasteiger partial charge < -0.3 is 5.32 Å². The third-order valence-corrected chi connectivity index (χ3v) is 4.39. The Kier molecular flexibility index (Phi) is 5.88. The lowest BCUT2D eigenvalue weighted by atomic mass is 9.99. The average molecular weight is 295 g/mol. The largest absolute Gasteiger partial charge is 0.311 e. The minimum atomic E-state index is 0.630. The molecule has 3 heteroatoms. The number of benzene rings is 1. The van der Waals surface area contributed by atoms with Crippen LogP contribution in [0.25, 0.3) is 0 Å². The maximum atomic E-state index is 5.93. The maximum Gasteiger partial charge on any atom is 0.0406 e. The highest BCUT2D eigenvalue weighted by Gasteiger charge is 2.24. The molecule has 2 unspecified atom stereocenters. The fourth-order valence-electron chi connectivity index (χ4n) is 2.96. The van der Waals surface area contributed by atoms with Crippen molar-refractivity contribution in [3.05, 3.63) is 34.9 Å². The standard InChI is InChI=1S/C17H27ClN2/c1-13(2)10-17-12-20(14(3)11-19-17)9-8-15-4-6-16(18)7-5-15/h4-7,13-14,17,19H,8-12H2,1-3H3. The summed E-state index contributed by atoms with van der Waals surface area (Å²) in [6, 6.07) is 9.53. The second kappa shape index (κ2) is 7.44. The Labute approximate surface area is 128 Å². The fourth-order valence-corrected chi connectivity index (χ4v) is 3.08. The predicted octanol–water partition coefficient (Wildman–Crippen LogP) is 3.59. The molecule has 1 N–H and O–H groups in total. The predicted molar refractivity (Wildman–Crippen MR) is 87.4 cm³/mol. The van der Waals surface area contributed by atoms with E-state index < -0.39 is 0 Å². The van der Waals surface area contributed by atoms with Gasteiger partial charge in [-0.1, -0.05) is 37.6 Å². The van der Waals surface area contributed by atoms with Crippen LogP contribution in [0.2, 0.25) is 5.02 Å². The van der Waals surface area contributed by atoms with Gasteiger partial charge in [-0.25, -0.2) is 0 Å². The molecule has 0 bridgehead atoms. The lowest BCUT2D eigenvalue weighted by Gasteiger charge is -2.39. The summed E-state index contributed by atoms with van der Waals surface area (Å²) in [5, 5.41) is 4.50. The van der Waals surface area contributed by atoms with Gasteiger partial charge in [0.05, 0.1) is 0 Å². The van der Waals surface area contributed by atoms with Crippen LogP contribution < -0.4 is 5.32 Å². The van der Waals surface area contributed by atoms with E-state index >= 15 is 0 Å². The molecule has 0 amide bonds. The molecule has 1 heterocycles. The molecule has 112 valence electrons. The van der Waals surface area contributed by atoms with Gasteiger partial charge in [0.2, 0.25) is 0 Å². The number of piperazine rings is 1. The first-order valence-electron chi connectivity index (χ1n) is 7.76. The summed E-state index contributed by atoms with van der Waals surface area (Å²) in [6.07, 6.45) is 2.38. The van der Waals surface area contributed by atoms with E-state index in [0.717, 1.165) is 30.5 Å². The summed E-state index contributed by atoms with van der Waals surface area (Å²) >= 11 is 5.93. The molecule has 20 heavy (non-hydrogen) atoms. The maximum absolute atomic E-state index is 5.93. The molecule has 1 saturated heterocycles. The number of rotatable bonds is 5. The van der Waals surface area contributed by atoms with Crippen molar-refractivity contribution >= 4 is 11.6 Å². The zero-order valence-electron chi connectivity index (χ0n) is 12.9. The van der Waals surface area contributed by atoms with Gasteiger partial charge in [-0.3, -0.25) is 4.90 Å². The molecule has 1 fully saturated rings. The van der Waals surface area contributed by atoms with Gasteiger partial charge in [0.25, 0.3) is 0 Å². The van der Waals surface area contributed by atoms with Crippen LogP contribution in [0.3, 0.4) is 0 Å². The molecule has 1 aromatic rings. The molecule has 2 nitrogen and oxygen atoms in total. The van der Waals surface area contributed by atoms with E-state index in [4.69, 9.17) is 11.6 Å². The quantitative estimate of drug-likeness (QED) is 0.893. The molecular formula is C17H27ClN2. The first-order chi connectivity index (χ1) is 9.54. The minimum absolute atomic E-state index is 0.630. The summed E-state index contributed by atoms with van der Waals surface area (Å²) in [4.78, 5) is 2.62. The van der Waals surface area contributed by atoms with Crippen LogP contribution in [-0.2, 0) is 6.42 Å². The van der Waals surface area contributed by atoms with Crippen molar-refractivity contribution in [1.29, 1.82) is 0 Å². The zero-order valence-corrected chi connectivity index (χ0v) is 13.7. The van der Waals surface area contributed by atoms with Gasteiger partial charge in [-0.15, -0.1) is 0 Å². The average Bonchev–Trinajstić information content (AvgIpc) is 2.40. The van der Waals surface area contributed by atoms with Crippen molar-refractivity contribution in [3.63, 3.8) is 0 Å². The van der Waals surface area contributed by atoms with E-state index in [2.05, 4.69) is 43.1 Å². The van der Waals surface area contributed by atoms with E-state index in [1.165, 1.54) is 18.5 Å². The van der Waals surface area contributed by atoms with Gasteiger partial charge in [0.15, 0.2) is 0 Å². The summed E-state index contributed by atoms with van der Waals surface area (Å²) < 4.78 is 0. The van der Waals surface area contributed by atoms with E-state index in [1.54, 1.807) is 0 Å². The molecule has 0 aromatic heterocycles. The van der Waals surface area contributed by atoms with Crippen molar-refractivity contribution in [2.75, 3.05) is 19.6 Å². The fraction of sp³-hybridized carbons (Fsp3) is 0.647. The normalized spacial score (nSPS) is 24.2. The molecule has 2 atom stereocenters. The lowest BCUT2D eigenvalue weighted by molar-refractivity contribution is 0.133. The monoisotopic (exact) mass is 294 g/mol. The van der Waals surface area contributed by atoms with Gasteiger partial charge in [0, 0.05) is 36.7 Å². The Morgan fingerprint density at radius 1 is 1.30 bits per heavy atom. The van der Waals surface area contributed by atoms with Crippen LogP contribution in [0, 0.1) is 5.92 Å². The van der Waals surface area contributed by atoms with Crippen LogP contribution in [0.4, 0.5) is 0 Å². The topological polar surface area (TPSA) is 15.3 Å². The van der Waals surface area contributed by atoms with Crippen LogP contribution in [0.5, 0.6) is 0 Å². The Bertz CT molecular complexity index is 402. The first-order valence-corrected chi connectivity index (χ1v) is 8.14. The Hall–Kier alpha value is -0.570. The van der Waals surface area contributed by atoms with E-state index in [9.17, 15) is 0 Å². The summed E-state index contributed by atoms with van der Waals surface area (Å²) in [7, 11) is 0. The van der Waals surface area contributed by atoms with Crippen LogP contribution in [-0.4, -0.2) is 36.6 Å². The van der Waals surface area contributed by atoms with Gasteiger partial charge >= 0.3 is 0 Å². The van der Waals surface area contributed by atoms with Gasteiger partial charge in [0.1, 0.15) is 0 Å². The highest BCUT2D eigenvalue weighted by molar-refractivity contribution is 6.30. The lowest BCUT2D eigenvalue weighted by Crippen LogP contribution is -2.56. The molecule has 0 saturated carbocycles. The zero-order chi connectivity index (χ0) is 14.5. The Morgan fingerprint density at radius 2 is 2.00 bits per heavy atom. The number of hydrogen-bond donors (Lipinski definition) is 1. The third kappa shape index (κ3) is 4.76. The van der Waals surface area contributed by atoms with Crippen molar-refractivity contribution < 1.29 is 0 Å². The molecule has 0 aliphatic carbocycles. The minimum Gasteiger partial charge on any atom is -0.311 e. The number of nitrogens with zero attached hydrogens (tertiary/aromatic N) is 1. The Morgan fingerprint density at radius 3 is 2.65 bits per heavy atom. The van der Waals surface area contributed by atoms with Gasteiger partial charge in [-0.05, 0) is 43.4 Å². The van der Waals surface area contributed by atoms with Crippen LogP contribution >= 0.6 is 11.6 Å². The molecule has 2 rings (SSSR count). The number of nitrogens with one attached hydrogen (secondary N) is 1. The smallest absolute Gasteiger partial charge is 0.0406 e. The van der Waals surface area contributed by atoms with Crippen LogP contribution in [0.15, 0.2) is 24.3 Å². The second-order valence-corrected chi connectivity index (χ2v) is 6.89. The highest BCUT2D eigenvalue weighted by Crippen LogP contribution is 2.15. The van der Waals surface area contributed by atoms with Crippen molar-refractivity contribution in [1.82, 2.24) is 10.2 Å². The molecule has 1 aliphatic rings. The summed E-state index contributed by atoms with van der Waals surface area (Å²) in [5.74, 6) is 0.763. The van der Waals surface area contributed by atoms with E-state index in [-0.39, 0.29) is 0 Å². The summed E-state index contributed by atoms with van der Waals surface area (Å²) in [5.41, 5.74) is 1.38. The van der Waals surface area contributed by atoms with Gasteiger partial charge in [-0.2, -0.15) is 0 Å². The van der Waals surface area contributed by atoms with Crippen molar-refractivity contribution in [2.24, 2.45) is 5.92 Å². The van der Waals surface area contributed by atoms with Crippen LogP contribution in [0.1, 0.15) is 32.8 Å². The summed E-state index contributed by atoms with van der Waals surface area (Å²) in [6.45, 7) is 10.3. The SMILES string of the molecule is CC(C)CC1CN(CCc2ccc(Cl)cc2)C(C)CN1. The molecule has 0 spiro atoms. The van der Waals surface area contributed by atoms with E-state index in [1.807, 2.05) is 12.1 Å². The molecular weight excluding hydrogens is 268 g/mol. The van der Waals surface area contributed by atoms with Crippen molar-refractivity contribution in [3.8, 4) is 0 Å². The number of hydrogen-bond acceptors (Lipinski definition) is 2. The first kappa shape index (κ1) is 15.8. The third-order valence-electron chi connectivity index (χ3n) is 4.14. The molecule has 1 aliphatic heterocycles. The van der Waals surface area contributed by atoms with Crippen molar-refractivity contribution in [2.45, 2.75) is 45.7 Å². The highest BCUT2D eigenvalue weighted by atomic mass is 35.5. The molecule has 0 radical (unpaired) electrons. The Balaban J connectivity index is 1.85. The number of halogens is 1. The van der Waals surface area contributed by atoms with E-state index in [0.29, 0.717) is 12.1 Å². The molecule has 1 aromatic carbocycles.